The molecule has 1 amide bonds. The molecule has 1 aliphatic heterocycles. The molecule has 0 radical (unpaired) electrons. The van der Waals surface area contributed by atoms with E-state index < -0.39 is 0 Å². The van der Waals surface area contributed by atoms with Crippen LogP contribution in [0.1, 0.15) is 58.3 Å². The number of likely N-dealkylation sites (N-methyl/N-ethyl adjacent to an activating group) is 1. The second kappa shape index (κ2) is 9.53. The minimum absolute atomic E-state index is 0.0347. The van der Waals surface area contributed by atoms with Crippen molar-refractivity contribution < 1.29 is 9.53 Å². The third-order valence-corrected chi connectivity index (χ3v) is 6.62. The van der Waals surface area contributed by atoms with E-state index in [1.165, 1.54) is 11.1 Å². The van der Waals surface area contributed by atoms with E-state index in [-0.39, 0.29) is 18.1 Å². The molecule has 2 aliphatic rings. The first-order chi connectivity index (χ1) is 15.0. The van der Waals surface area contributed by atoms with Crippen LogP contribution in [-0.4, -0.2) is 43.1 Å². The fraction of sp³-hybridized carbons (Fsp3) is 0.462. The number of nitrogens with one attached hydrogen (secondary N) is 1. The zero-order valence-electron chi connectivity index (χ0n) is 18.5. The number of nitriles is 1. The highest BCUT2D eigenvalue weighted by Crippen LogP contribution is 2.26. The van der Waals surface area contributed by atoms with E-state index in [2.05, 4.69) is 35.5 Å². The first-order valence-electron chi connectivity index (χ1n) is 11.3. The molecule has 2 aromatic rings. The molecule has 0 spiro atoms. The number of benzene rings is 2. The summed E-state index contributed by atoms with van der Waals surface area (Å²) >= 11 is 0. The molecular weight excluding hydrogens is 386 g/mol. The molecule has 1 heterocycles. The Morgan fingerprint density at radius 2 is 1.81 bits per heavy atom. The number of carbonyl (C=O) groups excluding carboxylic acids is 1. The lowest BCUT2D eigenvalue weighted by Crippen LogP contribution is -2.39. The van der Waals surface area contributed by atoms with Gasteiger partial charge in [-0.2, -0.15) is 5.26 Å². The highest BCUT2D eigenvalue weighted by molar-refractivity contribution is 5.94. The Hall–Kier alpha value is -2.84. The molecular formula is C26H31N3O2. The number of carbonyl (C=O) groups is 1. The normalized spacial score (nSPS) is 21.5. The van der Waals surface area contributed by atoms with E-state index in [4.69, 9.17) is 10.00 Å². The molecule has 0 saturated heterocycles. The van der Waals surface area contributed by atoms with Crippen molar-refractivity contribution in [2.24, 2.45) is 0 Å². The third kappa shape index (κ3) is 5.26. The minimum atomic E-state index is 0.0347. The summed E-state index contributed by atoms with van der Waals surface area (Å²) < 4.78 is 6.13. The Kier molecular flexibility index (Phi) is 6.58. The highest BCUT2D eigenvalue weighted by atomic mass is 16.5. The SMILES string of the molecule is Cc1cc(OC2CCC(NC(=O)c3ccc4c(c3)CCN(C)CC4)CC2)ccc1C#N. The summed E-state index contributed by atoms with van der Waals surface area (Å²) in [7, 11) is 2.15. The Labute approximate surface area is 185 Å². The van der Waals surface area contributed by atoms with E-state index >= 15 is 0 Å². The predicted molar refractivity (Wildman–Crippen MR) is 121 cm³/mol. The molecule has 4 rings (SSSR count). The molecule has 0 aromatic heterocycles. The Morgan fingerprint density at radius 3 is 2.52 bits per heavy atom. The lowest BCUT2D eigenvalue weighted by molar-refractivity contribution is 0.0893. The van der Waals surface area contributed by atoms with Crippen molar-refractivity contribution in [3.8, 4) is 11.8 Å². The minimum Gasteiger partial charge on any atom is -0.490 e. The number of fused-ring (bicyclic) bond motifs is 1. The van der Waals surface area contributed by atoms with Crippen LogP contribution in [0.3, 0.4) is 0 Å². The second-order valence-electron chi connectivity index (χ2n) is 8.94. The summed E-state index contributed by atoms with van der Waals surface area (Å²) in [6.45, 7) is 4.05. The van der Waals surface area contributed by atoms with Gasteiger partial charge >= 0.3 is 0 Å². The van der Waals surface area contributed by atoms with Gasteiger partial charge in [0, 0.05) is 24.7 Å². The van der Waals surface area contributed by atoms with Gasteiger partial charge in [-0.1, -0.05) is 6.07 Å². The number of rotatable bonds is 4. The number of hydrogen-bond donors (Lipinski definition) is 1. The summed E-state index contributed by atoms with van der Waals surface area (Å²) in [5.74, 6) is 0.854. The monoisotopic (exact) mass is 417 g/mol. The molecule has 1 aliphatic carbocycles. The summed E-state index contributed by atoms with van der Waals surface area (Å²) in [6, 6.07) is 14.2. The first-order valence-corrected chi connectivity index (χ1v) is 11.3. The molecule has 5 heteroatoms. The maximum Gasteiger partial charge on any atom is 0.251 e. The standard InChI is InChI=1S/C26H31N3O2/c1-18-15-25(8-5-22(18)17-27)31-24-9-6-23(7-10-24)28-26(30)21-4-3-19-11-13-29(2)14-12-20(19)16-21/h3-5,8,15-16,23-24H,6-7,9-14H2,1-2H3,(H,28,30). The van der Waals surface area contributed by atoms with Crippen LogP contribution < -0.4 is 10.1 Å². The molecule has 1 fully saturated rings. The van der Waals surface area contributed by atoms with Gasteiger partial charge in [-0.15, -0.1) is 0 Å². The molecule has 0 atom stereocenters. The number of nitrogens with zero attached hydrogens (tertiary/aromatic N) is 2. The summed E-state index contributed by atoms with van der Waals surface area (Å²) in [4.78, 5) is 15.2. The molecule has 5 nitrogen and oxygen atoms in total. The summed E-state index contributed by atoms with van der Waals surface area (Å²) in [6.07, 6.45) is 5.88. The molecule has 0 unspecified atom stereocenters. The van der Waals surface area contributed by atoms with Crippen LogP contribution in [0.2, 0.25) is 0 Å². The smallest absolute Gasteiger partial charge is 0.251 e. The van der Waals surface area contributed by atoms with Gasteiger partial charge in [0.1, 0.15) is 5.75 Å². The topological polar surface area (TPSA) is 65.4 Å². The fourth-order valence-corrected chi connectivity index (χ4v) is 4.60. The number of aryl methyl sites for hydroxylation is 1. The molecule has 1 N–H and O–H groups in total. The van der Waals surface area contributed by atoms with Crippen LogP contribution in [0, 0.1) is 18.3 Å². The molecule has 31 heavy (non-hydrogen) atoms. The zero-order valence-corrected chi connectivity index (χ0v) is 18.5. The Bertz CT molecular complexity index is 987. The Morgan fingerprint density at radius 1 is 1.06 bits per heavy atom. The maximum atomic E-state index is 12.8. The first kappa shape index (κ1) is 21.4. The van der Waals surface area contributed by atoms with Crippen LogP contribution in [0.25, 0.3) is 0 Å². The van der Waals surface area contributed by atoms with Gasteiger partial charge in [-0.25, -0.2) is 0 Å². The molecule has 0 bridgehead atoms. The quantitative estimate of drug-likeness (QED) is 0.816. The highest BCUT2D eigenvalue weighted by Gasteiger charge is 2.24. The van der Waals surface area contributed by atoms with Crippen LogP contribution in [0.15, 0.2) is 36.4 Å². The number of amides is 1. The summed E-state index contributed by atoms with van der Waals surface area (Å²) in [5.41, 5.74) is 5.08. The third-order valence-electron chi connectivity index (χ3n) is 6.62. The lowest BCUT2D eigenvalue weighted by Gasteiger charge is -2.29. The Balaban J connectivity index is 1.29. The van der Waals surface area contributed by atoms with Gasteiger partial charge in [0.2, 0.25) is 0 Å². The van der Waals surface area contributed by atoms with E-state index in [0.29, 0.717) is 5.56 Å². The van der Waals surface area contributed by atoms with Crippen molar-refractivity contribution in [3.63, 3.8) is 0 Å². The van der Waals surface area contributed by atoms with Gasteiger partial charge in [-0.3, -0.25) is 4.79 Å². The van der Waals surface area contributed by atoms with E-state index in [1.54, 1.807) is 0 Å². The number of hydrogen-bond acceptors (Lipinski definition) is 4. The average Bonchev–Trinajstić information content (AvgIpc) is 2.96. The fourth-order valence-electron chi connectivity index (χ4n) is 4.60. The summed E-state index contributed by atoms with van der Waals surface area (Å²) in [5, 5.41) is 12.3. The average molecular weight is 418 g/mol. The van der Waals surface area contributed by atoms with Gasteiger partial charge in [0.05, 0.1) is 17.7 Å². The van der Waals surface area contributed by atoms with Crippen LogP contribution in [0.5, 0.6) is 5.75 Å². The molecule has 2 aromatic carbocycles. The van der Waals surface area contributed by atoms with Gasteiger partial charge in [0.25, 0.3) is 5.91 Å². The largest absolute Gasteiger partial charge is 0.490 e. The molecule has 162 valence electrons. The van der Waals surface area contributed by atoms with Gasteiger partial charge in [-0.05, 0) is 99.5 Å². The van der Waals surface area contributed by atoms with Crippen LogP contribution >= 0.6 is 0 Å². The predicted octanol–water partition coefficient (Wildman–Crippen LogP) is 4.02. The van der Waals surface area contributed by atoms with Crippen LogP contribution in [-0.2, 0) is 12.8 Å². The van der Waals surface area contributed by atoms with Gasteiger partial charge in [0.15, 0.2) is 0 Å². The van der Waals surface area contributed by atoms with Crippen molar-refractivity contribution in [2.75, 3.05) is 20.1 Å². The van der Waals surface area contributed by atoms with Crippen molar-refractivity contribution in [2.45, 2.75) is 57.6 Å². The zero-order chi connectivity index (χ0) is 21.8. The lowest BCUT2D eigenvalue weighted by atomic mass is 9.92. The van der Waals surface area contributed by atoms with Crippen molar-refractivity contribution in [1.82, 2.24) is 10.2 Å². The van der Waals surface area contributed by atoms with Crippen molar-refractivity contribution in [1.29, 1.82) is 5.26 Å². The van der Waals surface area contributed by atoms with Gasteiger partial charge < -0.3 is 15.0 Å². The van der Waals surface area contributed by atoms with Crippen molar-refractivity contribution in [3.05, 3.63) is 64.2 Å². The van der Waals surface area contributed by atoms with E-state index in [0.717, 1.165) is 68.5 Å². The van der Waals surface area contributed by atoms with Crippen LogP contribution in [0.4, 0.5) is 0 Å². The molecule has 1 saturated carbocycles. The number of ether oxygens (including phenoxy) is 1. The van der Waals surface area contributed by atoms with E-state index in [9.17, 15) is 4.79 Å². The van der Waals surface area contributed by atoms with Crippen molar-refractivity contribution >= 4 is 5.91 Å². The van der Waals surface area contributed by atoms with E-state index in [1.807, 2.05) is 31.2 Å². The maximum absolute atomic E-state index is 12.8. The second-order valence-corrected chi connectivity index (χ2v) is 8.94.